The molecule has 3 rings (SSSR count). The molecule has 2 aromatic rings. The molecule has 7 heteroatoms. The number of thiophene rings is 1. The SMILES string of the molecule is CCNC(=O)c1ccc(N2CCC[C@H]2CC(=O)c2cccs2)nn1. The largest absolute Gasteiger partial charge is 0.352 e. The summed E-state index contributed by atoms with van der Waals surface area (Å²) in [5.41, 5.74) is 0.311. The van der Waals surface area contributed by atoms with Crippen molar-refractivity contribution in [3.05, 3.63) is 40.2 Å². The van der Waals surface area contributed by atoms with Crippen LogP contribution >= 0.6 is 11.3 Å². The van der Waals surface area contributed by atoms with E-state index >= 15 is 0 Å². The van der Waals surface area contributed by atoms with Crippen molar-refractivity contribution < 1.29 is 9.59 Å². The van der Waals surface area contributed by atoms with Gasteiger partial charge < -0.3 is 10.2 Å². The topological polar surface area (TPSA) is 75.2 Å². The van der Waals surface area contributed by atoms with Gasteiger partial charge in [0.1, 0.15) is 0 Å². The van der Waals surface area contributed by atoms with Crippen LogP contribution < -0.4 is 10.2 Å². The number of nitrogens with zero attached hydrogens (tertiary/aromatic N) is 3. The fourth-order valence-corrected chi connectivity index (χ4v) is 3.63. The second kappa shape index (κ2) is 7.53. The molecule has 0 unspecified atom stereocenters. The van der Waals surface area contributed by atoms with Crippen LogP contribution in [-0.2, 0) is 0 Å². The van der Waals surface area contributed by atoms with E-state index < -0.39 is 0 Å². The van der Waals surface area contributed by atoms with E-state index in [1.165, 1.54) is 11.3 Å². The van der Waals surface area contributed by atoms with Gasteiger partial charge in [-0.25, -0.2) is 0 Å². The highest BCUT2D eigenvalue weighted by molar-refractivity contribution is 7.12. The molecule has 1 saturated heterocycles. The zero-order valence-electron chi connectivity index (χ0n) is 13.6. The summed E-state index contributed by atoms with van der Waals surface area (Å²) in [6.07, 6.45) is 2.49. The highest BCUT2D eigenvalue weighted by Gasteiger charge is 2.28. The molecular formula is C17H20N4O2S. The summed E-state index contributed by atoms with van der Waals surface area (Å²) in [6, 6.07) is 7.41. The van der Waals surface area contributed by atoms with Gasteiger partial charge in [-0.1, -0.05) is 6.07 Å². The average molecular weight is 344 g/mol. The number of carbonyl (C=O) groups excluding carboxylic acids is 2. The number of hydrogen-bond donors (Lipinski definition) is 1. The zero-order chi connectivity index (χ0) is 16.9. The molecule has 0 saturated carbocycles. The van der Waals surface area contributed by atoms with Crippen LogP contribution in [0.4, 0.5) is 5.82 Å². The summed E-state index contributed by atoms with van der Waals surface area (Å²) in [4.78, 5) is 27.0. The van der Waals surface area contributed by atoms with E-state index in [-0.39, 0.29) is 17.7 Å². The van der Waals surface area contributed by atoms with Crippen LogP contribution in [0.15, 0.2) is 29.6 Å². The lowest BCUT2D eigenvalue weighted by atomic mass is 10.1. The molecule has 3 heterocycles. The molecule has 24 heavy (non-hydrogen) atoms. The fourth-order valence-electron chi connectivity index (χ4n) is 2.95. The molecule has 0 aliphatic carbocycles. The lowest BCUT2D eigenvalue weighted by Gasteiger charge is -2.24. The molecule has 2 aromatic heterocycles. The number of amides is 1. The van der Waals surface area contributed by atoms with Crippen LogP contribution in [-0.4, -0.2) is 41.0 Å². The van der Waals surface area contributed by atoms with Crippen molar-refractivity contribution in [1.82, 2.24) is 15.5 Å². The molecule has 0 bridgehead atoms. The van der Waals surface area contributed by atoms with E-state index in [1.807, 2.05) is 30.5 Å². The Labute approximate surface area is 144 Å². The van der Waals surface area contributed by atoms with Crippen LogP contribution in [0.2, 0.25) is 0 Å². The van der Waals surface area contributed by atoms with Gasteiger partial charge in [0, 0.05) is 25.6 Å². The number of hydrogen-bond acceptors (Lipinski definition) is 6. The first-order valence-corrected chi connectivity index (χ1v) is 9.02. The lowest BCUT2D eigenvalue weighted by Crippen LogP contribution is -2.32. The van der Waals surface area contributed by atoms with Gasteiger partial charge in [-0.3, -0.25) is 9.59 Å². The molecule has 1 aliphatic rings. The van der Waals surface area contributed by atoms with Gasteiger partial charge in [-0.15, -0.1) is 21.5 Å². The summed E-state index contributed by atoms with van der Waals surface area (Å²) < 4.78 is 0. The van der Waals surface area contributed by atoms with Gasteiger partial charge >= 0.3 is 0 Å². The molecule has 126 valence electrons. The maximum absolute atomic E-state index is 12.3. The minimum atomic E-state index is -0.220. The third kappa shape index (κ3) is 3.62. The Morgan fingerprint density at radius 3 is 2.88 bits per heavy atom. The Kier molecular flexibility index (Phi) is 5.20. The average Bonchev–Trinajstić information content (AvgIpc) is 3.27. The van der Waals surface area contributed by atoms with Gasteiger partial charge in [0.2, 0.25) is 0 Å². The first-order chi connectivity index (χ1) is 11.7. The van der Waals surface area contributed by atoms with Crippen molar-refractivity contribution in [1.29, 1.82) is 0 Å². The summed E-state index contributed by atoms with van der Waals surface area (Å²) in [5, 5.41) is 12.8. The van der Waals surface area contributed by atoms with E-state index in [9.17, 15) is 9.59 Å². The van der Waals surface area contributed by atoms with Crippen molar-refractivity contribution in [3.63, 3.8) is 0 Å². The smallest absolute Gasteiger partial charge is 0.271 e. The summed E-state index contributed by atoms with van der Waals surface area (Å²) in [6.45, 7) is 3.28. The fraction of sp³-hybridized carbons (Fsp3) is 0.412. The van der Waals surface area contributed by atoms with Gasteiger partial charge in [0.15, 0.2) is 17.3 Å². The lowest BCUT2D eigenvalue weighted by molar-refractivity contribution is 0.0948. The number of carbonyl (C=O) groups is 2. The van der Waals surface area contributed by atoms with Gasteiger partial charge in [0.25, 0.3) is 5.91 Å². The Morgan fingerprint density at radius 2 is 2.21 bits per heavy atom. The number of Topliss-reactive ketones (excluding diaryl/α,β-unsaturated/α-hetero) is 1. The van der Waals surface area contributed by atoms with Crippen molar-refractivity contribution in [2.45, 2.75) is 32.2 Å². The number of rotatable bonds is 6. The maximum Gasteiger partial charge on any atom is 0.271 e. The highest BCUT2D eigenvalue weighted by atomic mass is 32.1. The Morgan fingerprint density at radius 1 is 1.33 bits per heavy atom. The number of ketones is 1. The Balaban J connectivity index is 1.69. The molecule has 1 N–H and O–H groups in total. The standard InChI is InChI=1S/C17H20N4O2S/c1-2-18-17(23)13-7-8-16(20-19-13)21-9-3-5-12(21)11-14(22)15-6-4-10-24-15/h4,6-8,10,12H,2-3,5,9,11H2,1H3,(H,18,23)/t12-/m0/s1. The minimum absolute atomic E-state index is 0.143. The van der Waals surface area contributed by atoms with E-state index in [0.29, 0.717) is 18.7 Å². The molecule has 0 spiro atoms. The van der Waals surface area contributed by atoms with Crippen molar-refractivity contribution >= 4 is 28.8 Å². The second-order valence-electron chi connectivity index (χ2n) is 5.73. The normalized spacial score (nSPS) is 17.0. The summed E-state index contributed by atoms with van der Waals surface area (Å²) >= 11 is 1.48. The van der Waals surface area contributed by atoms with Crippen LogP contribution in [0.3, 0.4) is 0 Å². The number of nitrogens with one attached hydrogen (secondary N) is 1. The molecule has 1 fully saturated rings. The van der Waals surface area contributed by atoms with Gasteiger partial charge in [-0.2, -0.15) is 0 Å². The summed E-state index contributed by atoms with van der Waals surface area (Å²) in [5.74, 6) is 0.681. The van der Waals surface area contributed by atoms with Crippen LogP contribution in [0, 0.1) is 0 Å². The first kappa shape index (κ1) is 16.6. The monoisotopic (exact) mass is 344 g/mol. The van der Waals surface area contributed by atoms with E-state index in [0.717, 1.165) is 30.1 Å². The Bertz CT molecular complexity index is 700. The molecule has 0 radical (unpaired) electrons. The molecule has 1 atom stereocenters. The summed E-state index contributed by atoms with van der Waals surface area (Å²) in [7, 11) is 0. The van der Waals surface area contributed by atoms with Crippen LogP contribution in [0.1, 0.15) is 46.3 Å². The number of aromatic nitrogens is 2. The molecule has 6 nitrogen and oxygen atoms in total. The second-order valence-corrected chi connectivity index (χ2v) is 6.68. The molecule has 1 aliphatic heterocycles. The van der Waals surface area contributed by atoms with Crippen molar-refractivity contribution in [2.24, 2.45) is 0 Å². The first-order valence-electron chi connectivity index (χ1n) is 8.14. The van der Waals surface area contributed by atoms with Gasteiger partial charge in [-0.05, 0) is 43.3 Å². The third-order valence-electron chi connectivity index (χ3n) is 4.11. The molecule has 1 amide bonds. The van der Waals surface area contributed by atoms with E-state index in [2.05, 4.69) is 20.4 Å². The molecular weight excluding hydrogens is 324 g/mol. The minimum Gasteiger partial charge on any atom is -0.352 e. The highest BCUT2D eigenvalue weighted by Crippen LogP contribution is 2.27. The number of anilines is 1. The van der Waals surface area contributed by atoms with E-state index in [4.69, 9.17) is 0 Å². The molecule has 0 aromatic carbocycles. The Hall–Kier alpha value is -2.28. The predicted molar refractivity (Wildman–Crippen MR) is 93.7 cm³/mol. The van der Waals surface area contributed by atoms with E-state index in [1.54, 1.807) is 6.07 Å². The zero-order valence-corrected chi connectivity index (χ0v) is 14.4. The predicted octanol–water partition coefficient (Wildman–Crippen LogP) is 2.53. The van der Waals surface area contributed by atoms with Crippen LogP contribution in [0.25, 0.3) is 0 Å². The van der Waals surface area contributed by atoms with Crippen LogP contribution in [0.5, 0.6) is 0 Å². The quantitative estimate of drug-likeness (QED) is 0.815. The van der Waals surface area contributed by atoms with Gasteiger partial charge in [0.05, 0.1) is 4.88 Å². The third-order valence-corrected chi connectivity index (χ3v) is 5.02. The van der Waals surface area contributed by atoms with Crippen molar-refractivity contribution in [2.75, 3.05) is 18.0 Å². The van der Waals surface area contributed by atoms with Crippen molar-refractivity contribution in [3.8, 4) is 0 Å². The maximum atomic E-state index is 12.3.